The smallest absolute Gasteiger partial charge is 0.408 e. The van der Waals surface area contributed by atoms with Crippen LogP contribution in [0.25, 0.3) is 22.2 Å². The first-order valence-electron chi connectivity index (χ1n) is 9.72. The summed E-state index contributed by atoms with van der Waals surface area (Å²) in [5.41, 5.74) is 2.84. The van der Waals surface area contributed by atoms with E-state index >= 15 is 0 Å². The predicted molar refractivity (Wildman–Crippen MR) is 119 cm³/mol. The summed E-state index contributed by atoms with van der Waals surface area (Å²) >= 11 is 3.55. The Labute approximate surface area is 182 Å². The van der Waals surface area contributed by atoms with E-state index in [1.807, 2.05) is 68.6 Å². The number of amides is 1. The van der Waals surface area contributed by atoms with Crippen molar-refractivity contribution >= 4 is 32.9 Å². The average Bonchev–Trinajstić information content (AvgIpc) is 3.39. The number of aromatic amines is 1. The van der Waals surface area contributed by atoms with Crippen LogP contribution < -0.4 is 5.32 Å². The van der Waals surface area contributed by atoms with E-state index in [0.29, 0.717) is 11.7 Å². The zero-order valence-corrected chi connectivity index (χ0v) is 18.3. The highest BCUT2D eigenvalue weighted by Crippen LogP contribution is 2.34. The minimum Gasteiger partial charge on any atom is -0.445 e. The molecule has 6 nitrogen and oxygen atoms in total. The molecule has 30 heavy (non-hydrogen) atoms. The number of benzene rings is 2. The molecule has 1 atom stereocenters. The van der Waals surface area contributed by atoms with Crippen LogP contribution in [0.3, 0.4) is 0 Å². The van der Waals surface area contributed by atoms with Gasteiger partial charge in [-0.05, 0) is 33.5 Å². The number of hydrogen-bond donors (Lipinski definition) is 2. The van der Waals surface area contributed by atoms with Gasteiger partial charge in [0.15, 0.2) is 5.76 Å². The van der Waals surface area contributed by atoms with Gasteiger partial charge in [-0.3, -0.25) is 0 Å². The standard InChI is InChI=1S/C23H22BrN3O3/c1-14(2)20(27-23(28)29-13-15-7-4-3-5-8-15)22-26-12-19(30-22)17-11-25-21-16(17)9-6-10-18(21)24/h3-12,14,20,25H,13H2,1-2H3,(H,27,28)/t20-/m0/s1. The molecule has 0 spiro atoms. The van der Waals surface area contributed by atoms with Crippen molar-refractivity contribution < 1.29 is 13.9 Å². The highest BCUT2D eigenvalue weighted by atomic mass is 79.9. The number of ether oxygens (including phenoxy) is 1. The van der Waals surface area contributed by atoms with Crippen LogP contribution in [0.5, 0.6) is 0 Å². The van der Waals surface area contributed by atoms with Gasteiger partial charge in [-0.15, -0.1) is 0 Å². The lowest BCUT2D eigenvalue weighted by molar-refractivity contribution is 0.130. The van der Waals surface area contributed by atoms with Gasteiger partial charge in [0.2, 0.25) is 5.89 Å². The summed E-state index contributed by atoms with van der Waals surface area (Å²) in [4.78, 5) is 20.0. The zero-order chi connectivity index (χ0) is 21.1. The minimum atomic E-state index is -0.506. The zero-order valence-electron chi connectivity index (χ0n) is 16.7. The van der Waals surface area contributed by atoms with Crippen molar-refractivity contribution in [2.24, 2.45) is 5.92 Å². The van der Waals surface area contributed by atoms with Gasteiger partial charge in [-0.25, -0.2) is 9.78 Å². The predicted octanol–water partition coefficient (Wildman–Crippen LogP) is 6.21. The van der Waals surface area contributed by atoms with Gasteiger partial charge in [0, 0.05) is 21.6 Å². The number of halogens is 1. The van der Waals surface area contributed by atoms with Crippen LogP contribution in [-0.2, 0) is 11.3 Å². The van der Waals surface area contributed by atoms with E-state index in [2.05, 4.69) is 31.2 Å². The van der Waals surface area contributed by atoms with Crippen molar-refractivity contribution in [3.63, 3.8) is 0 Å². The number of oxazole rings is 1. The van der Waals surface area contributed by atoms with Crippen molar-refractivity contribution in [1.82, 2.24) is 15.3 Å². The van der Waals surface area contributed by atoms with E-state index in [4.69, 9.17) is 9.15 Å². The molecule has 2 aromatic carbocycles. The number of fused-ring (bicyclic) bond motifs is 1. The Morgan fingerprint density at radius 2 is 2.00 bits per heavy atom. The Morgan fingerprint density at radius 3 is 2.77 bits per heavy atom. The molecule has 0 aliphatic rings. The number of hydrogen-bond acceptors (Lipinski definition) is 4. The van der Waals surface area contributed by atoms with Gasteiger partial charge >= 0.3 is 6.09 Å². The lowest BCUT2D eigenvalue weighted by atomic mass is 10.1. The van der Waals surface area contributed by atoms with Crippen molar-refractivity contribution in [3.8, 4) is 11.3 Å². The average molecular weight is 468 g/mol. The molecule has 2 aromatic heterocycles. The lowest BCUT2D eigenvalue weighted by Crippen LogP contribution is -2.32. The summed E-state index contributed by atoms with van der Waals surface area (Å²) in [6.07, 6.45) is 3.07. The first kappa shape index (κ1) is 20.2. The topological polar surface area (TPSA) is 80.1 Å². The van der Waals surface area contributed by atoms with Gasteiger partial charge in [-0.1, -0.05) is 56.3 Å². The second-order valence-electron chi connectivity index (χ2n) is 7.36. The van der Waals surface area contributed by atoms with Gasteiger partial charge in [-0.2, -0.15) is 0 Å². The molecule has 4 aromatic rings. The molecule has 7 heteroatoms. The van der Waals surface area contributed by atoms with Crippen LogP contribution in [0.15, 0.2) is 69.8 Å². The Hall–Kier alpha value is -3.06. The third-order valence-electron chi connectivity index (χ3n) is 4.87. The number of para-hydroxylation sites is 1. The van der Waals surface area contributed by atoms with Gasteiger partial charge < -0.3 is 19.5 Å². The summed E-state index contributed by atoms with van der Waals surface area (Å²) in [6.45, 7) is 4.20. The molecule has 0 fully saturated rings. The molecule has 0 unspecified atom stereocenters. The van der Waals surface area contributed by atoms with E-state index in [9.17, 15) is 4.79 Å². The maximum absolute atomic E-state index is 12.3. The van der Waals surface area contributed by atoms with Crippen molar-refractivity contribution in [2.75, 3.05) is 0 Å². The quantitative estimate of drug-likeness (QED) is 0.353. The van der Waals surface area contributed by atoms with Crippen LogP contribution in [0.4, 0.5) is 4.79 Å². The molecule has 0 saturated heterocycles. The Morgan fingerprint density at radius 1 is 1.20 bits per heavy atom. The molecule has 154 valence electrons. The summed E-state index contributed by atoms with van der Waals surface area (Å²) < 4.78 is 12.4. The fourth-order valence-electron chi connectivity index (χ4n) is 3.28. The number of carbonyl (C=O) groups is 1. The summed E-state index contributed by atoms with van der Waals surface area (Å²) in [7, 11) is 0. The van der Waals surface area contributed by atoms with E-state index < -0.39 is 12.1 Å². The van der Waals surface area contributed by atoms with Crippen LogP contribution in [0.1, 0.15) is 31.3 Å². The molecule has 4 rings (SSSR count). The van der Waals surface area contributed by atoms with Crippen LogP contribution in [-0.4, -0.2) is 16.1 Å². The third-order valence-corrected chi connectivity index (χ3v) is 5.53. The lowest BCUT2D eigenvalue weighted by Gasteiger charge is -2.19. The van der Waals surface area contributed by atoms with Crippen molar-refractivity contribution in [1.29, 1.82) is 0 Å². The molecule has 2 N–H and O–H groups in total. The van der Waals surface area contributed by atoms with Gasteiger partial charge in [0.1, 0.15) is 12.6 Å². The first-order chi connectivity index (χ1) is 14.5. The van der Waals surface area contributed by atoms with Crippen LogP contribution >= 0.6 is 15.9 Å². The number of alkyl carbamates (subject to hydrolysis) is 1. The summed E-state index contributed by atoms with van der Waals surface area (Å²) in [5.74, 6) is 1.15. The molecular weight excluding hydrogens is 446 g/mol. The second kappa shape index (κ2) is 8.75. The molecule has 2 heterocycles. The van der Waals surface area contributed by atoms with E-state index in [1.54, 1.807) is 6.20 Å². The summed E-state index contributed by atoms with van der Waals surface area (Å²) in [5, 5.41) is 3.91. The Balaban J connectivity index is 1.50. The fraction of sp³-hybridized carbons (Fsp3) is 0.217. The molecular formula is C23H22BrN3O3. The van der Waals surface area contributed by atoms with E-state index in [0.717, 1.165) is 26.5 Å². The minimum absolute atomic E-state index is 0.0675. The number of nitrogens with zero attached hydrogens (tertiary/aromatic N) is 1. The van der Waals surface area contributed by atoms with Crippen molar-refractivity contribution in [3.05, 3.63) is 76.9 Å². The van der Waals surface area contributed by atoms with Crippen LogP contribution in [0.2, 0.25) is 0 Å². The molecule has 0 radical (unpaired) electrons. The maximum atomic E-state index is 12.3. The van der Waals surface area contributed by atoms with E-state index in [1.165, 1.54) is 0 Å². The van der Waals surface area contributed by atoms with Crippen molar-refractivity contribution in [2.45, 2.75) is 26.5 Å². The van der Waals surface area contributed by atoms with Gasteiger partial charge in [0.05, 0.1) is 11.7 Å². The number of aromatic nitrogens is 2. The number of H-pyrrole nitrogens is 1. The Bertz CT molecular complexity index is 1150. The number of carbonyl (C=O) groups excluding carboxylic acids is 1. The normalized spacial score (nSPS) is 12.3. The van der Waals surface area contributed by atoms with Gasteiger partial charge in [0.25, 0.3) is 0 Å². The molecule has 0 aliphatic carbocycles. The monoisotopic (exact) mass is 467 g/mol. The fourth-order valence-corrected chi connectivity index (χ4v) is 3.76. The molecule has 1 amide bonds. The second-order valence-corrected chi connectivity index (χ2v) is 8.21. The maximum Gasteiger partial charge on any atom is 0.408 e. The van der Waals surface area contributed by atoms with E-state index in [-0.39, 0.29) is 12.5 Å². The largest absolute Gasteiger partial charge is 0.445 e. The molecule has 0 bridgehead atoms. The highest BCUT2D eigenvalue weighted by Gasteiger charge is 2.25. The molecule has 0 saturated carbocycles. The first-order valence-corrected chi connectivity index (χ1v) is 10.5. The molecule has 0 aliphatic heterocycles. The number of rotatable bonds is 6. The SMILES string of the molecule is CC(C)[C@H](NC(=O)OCc1ccccc1)c1ncc(-c2c[nH]c3c(Br)cccc23)o1. The van der Waals surface area contributed by atoms with Crippen LogP contribution in [0, 0.1) is 5.92 Å². The third kappa shape index (κ3) is 4.26. The number of nitrogens with one attached hydrogen (secondary N) is 2. The highest BCUT2D eigenvalue weighted by molar-refractivity contribution is 9.10. The summed E-state index contributed by atoms with van der Waals surface area (Å²) in [6, 6.07) is 15.1. The Kier molecular flexibility index (Phi) is 5.90.